The lowest BCUT2D eigenvalue weighted by atomic mass is 10.0. The molecule has 1 atom stereocenters. The van der Waals surface area contributed by atoms with Crippen molar-refractivity contribution >= 4 is 32.4 Å². The van der Waals surface area contributed by atoms with Crippen LogP contribution in [0, 0.1) is 12.3 Å². The molecule has 0 bridgehead atoms. The third kappa shape index (κ3) is 2.42. The van der Waals surface area contributed by atoms with Crippen LogP contribution in [0.15, 0.2) is 41.3 Å². The minimum atomic E-state index is -3.74. The molecule has 0 fully saturated rings. The number of benzene rings is 2. The van der Waals surface area contributed by atoms with Crippen LogP contribution in [0.3, 0.4) is 0 Å². The standard InChI is InChI=1S/C18H18N2O3S/c1-4-18(3,5-2)19-16(21)12-20-14-10-6-8-13-9-7-11-15(17(13)14)24(20,22)23/h1,6-11H,5,12H2,2-3H3,(H,19,21)/t18-/m0/s1. The number of nitrogens with one attached hydrogen (secondary N) is 1. The molecule has 0 saturated heterocycles. The minimum Gasteiger partial charge on any atom is -0.338 e. The lowest BCUT2D eigenvalue weighted by Crippen LogP contribution is -2.49. The fraction of sp³-hybridized carbons (Fsp3) is 0.278. The molecule has 1 aliphatic heterocycles. The molecule has 5 nitrogen and oxygen atoms in total. The van der Waals surface area contributed by atoms with E-state index in [1.165, 1.54) is 0 Å². The van der Waals surface area contributed by atoms with E-state index in [2.05, 4.69) is 11.2 Å². The Morgan fingerprint density at radius 1 is 1.29 bits per heavy atom. The second-order valence-electron chi connectivity index (χ2n) is 6.02. The Labute approximate surface area is 141 Å². The number of carbonyl (C=O) groups is 1. The third-order valence-electron chi connectivity index (χ3n) is 4.41. The molecule has 2 aromatic carbocycles. The summed E-state index contributed by atoms with van der Waals surface area (Å²) in [5.41, 5.74) is -0.267. The minimum absolute atomic E-state index is 0.235. The average molecular weight is 342 g/mol. The van der Waals surface area contributed by atoms with E-state index in [-0.39, 0.29) is 11.4 Å². The van der Waals surface area contributed by atoms with Crippen molar-refractivity contribution in [2.45, 2.75) is 30.7 Å². The average Bonchev–Trinajstić information content (AvgIpc) is 2.78. The van der Waals surface area contributed by atoms with Crippen molar-refractivity contribution in [2.24, 2.45) is 0 Å². The maximum Gasteiger partial charge on any atom is 0.265 e. The van der Waals surface area contributed by atoms with Crippen LogP contribution < -0.4 is 9.62 Å². The maximum atomic E-state index is 12.8. The SMILES string of the molecule is C#C[C@@](C)(CC)NC(=O)CN1c2cccc3cccc(c23)S1(=O)=O. The molecule has 0 spiro atoms. The van der Waals surface area contributed by atoms with Gasteiger partial charge in [0.05, 0.1) is 16.1 Å². The van der Waals surface area contributed by atoms with Gasteiger partial charge in [0, 0.05) is 5.39 Å². The van der Waals surface area contributed by atoms with Crippen LogP contribution in [0.2, 0.25) is 0 Å². The van der Waals surface area contributed by atoms with E-state index in [1.807, 2.05) is 19.1 Å². The highest BCUT2D eigenvalue weighted by atomic mass is 32.2. The zero-order chi connectivity index (χ0) is 17.5. The van der Waals surface area contributed by atoms with Gasteiger partial charge in [0.25, 0.3) is 10.0 Å². The summed E-state index contributed by atoms with van der Waals surface area (Å²) >= 11 is 0. The second kappa shape index (κ2) is 5.53. The first-order chi connectivity index (χ1) is 11.3. The summed E-state index contributed by atoms with van der Waals surface area (Å²) in [4.78, 5) is 12.6. The number of hydrogen-bond acceptors (Lipinski definition) is 3. The molecule has 2 aromatic rings. The lowest BCUT2D eigenvalue weighted by molar-refractivity contribution is -0.120. The molecule has 3 rings (SSSR count). The lowest BCUT2D eigenvalue weighted by Gasteiger charge is -2.25. The largest absolute Gasteiger partial charge is 0.338 e. The van der Waals surface area contributed by atoms with Crippen molar-refractivity contribution in [3.8, 4) is 12.3 Å². The number of hydrogen-bond donors (Lipinski definition) is 1. The van der Waals surface area contributed by atoms with Gasteiger partial charge in [0.2, 0.25) is 5.91 Å². The van der Waals surface area contributed by atoms with E-state index < -0.39 is 21.5 Å². The molecule has 1 N–H and O–H groups in total. The maximum absolute atomic E-state index is 12.8. The molecule has 24 heavy (non-hydrogen) atoms. The van der Waals surface area contributed by atoms with E-state index in [0.29, 0.717) is 17.5 Å². The number of carbonyl (C=O) groups excluding carboxylic acids is 1. The summed E-state index contributed by atoms with van der Waals surface area (Å²) in [7, 11) is -3.74. The number of rotatable bonds is 4. The van der Waals surface area contributed by atoms with Crippen LogP contribution >= 0.6 is 0 Å². The van der Waals surface area contributed by atoms with Crippen LogP contribution in [-0.4, -0.2) is 26.4 Å². The highest BCUT2D eigenvalue weighted by Crippen LogP contribution is 2.41. The third-order valence-corrected chi connectivity index (χ3v) is 6.21. The highest BCUT2D eigenvalue weighted by Gasteiger charge is 2.37. The van der Waals surface area contributed by atoms with Gasteiger partial charge in [0.1, 0.15) is 6.54 Å². The number of terminal acetylenes is 1. The monoisotopic (exact) mass is 342 g/mol. The molecule has 6 heteroatoms. The van der Waals surface area contributed by atoms with E-state index >= 15 is 0 Å². The molecule has 0 saturated carbocycles. The first kappa shape index (κ1) is 16.3. The summed E-state index contributed by atoms with van der Waals surface area (Å²) in [6, 6.07) is 10.5. The van der Waals surface area contributed by atoms with Crippen molar-refractivity contribution < 1.29 is 13.2 Å². The van der Waals surface area contributed by atoms with Crippen molar-refractivity contribution in [3.63, 3.8) is 0 Å². The van der Waals surface area contributed by atoms with Gasteiger partial charge >= 0.3 is 0 Å². The number of nitrogens with zero attached hydrogens (tertiary/aromatic N) is 1. The van der Waals surface area contributed by atoms with Gasteiger partial charge in [-0.25, -0.2) is 8.42 Å². The van der Waals surface area contributed by atoms with Crippen LogP contribution in [0.5, 0.6) is 0 Å². The molecule has 1 aliphatic rings. The Morgan fingerprint density at radius 2 is 1.96 bits per heavy atom. The van der Waals surface area contributed by atoms with Crippen LogP contribution in [-0.2, 0) is 14.8 Å². The van der Waals surface area contributed by atoms with E-state index in [9.17, 15) is 13.2 Å². The Balaban J connectivity index is 1.98. The van der Waals surface area contributed by atoms with Gasteiger partial charge in [-0.05, 0) is 30.9 Å². The van der Waals surface area contributed by atoms with Gasteiger partial charge in [-0.15, -0.1) is 6.42 Å². The van der Waals surface area contributed by atoms with Gasteiger partial charge < -0.3 is 5.32 Å². The summed E-state index contributed by atoms with van der Waals surface area (Å²) < 4.78 is 26.8. The quantitative estimate of drug-likeness (QED) is 0.867. The molecule has 1 heterocycles. The van der Waals surface area contributed by atoms with Gasteiger partial charge in [-0.3, -0.25) is 9.10 Å². The van der Waals surface area contributed by atoms with Crippen LogP contribution in [0.25, 0.3) is 10.8 Å². The predicted molar refractivity (Wildman–Crippen MR) is 94.2 cm³/mol. The second-order valence-corrected chi connectivity index (χ2v) is 7.85. The molecule has 0 aromatic heterocycles. The summed E-state index contributed by atoms with van der Waals surface area (Å²) in [6.45, 7) is 3.30. The zero-order valence-electron chi connectivity index (χ0n) is 13.5. The molecule has 1 amide bonds. The normalized spacial score (nSPS) is 17.3. The number of amides is 1. The molecular weight excluding hydrogens is 324 g/mol. The fourth-order valence-electron chi connectivity index (χ4n) is 2.83. The fourth-order valence-corrected chi connectivity index (χ4v) is 4.50. The van der Waals surface area contributed by atoms with Gasteiger partial charge in [-0.2, -0.15) is 0 Å². The zero-order valence-corrected chi connectivity index (χ0v) is 14.4. The van der Waals surface area contributed by atoms with Crippen molar-refractivity contribution in [1.29, 1.82) is 0 Å². The van der Waals surface area contributed by atoms with E-state index in [1.54, 1.807) is 31.2 Å². The molecule has 0 aliphatic carbocycles. The Morgan fingerprint density at radius 3 is 2.58 bits per heavy atom. The van der Waals surface area contributed by atoms with Crippen molar-refractivity contribution in [3.05, 3.63) is 36.4 Å². The van der Waals surface area contributed by atoms with Gasteiger partial charge in [-0.1, -0.05) is 37.1 Å². The first-order valence-electron chi connectivity index (χ1n) is 7.65. The molecule has 124 valence electrons. The van der Waals surface area contributed by atoms with Crippen molar-refractivity contribution in [1.82, 2.24) is 5.32 Å². The molecule has 0 radical (unpaired) electrons. The van der Waals surface area contributed by atoms with E-state index in [0.717, 1.165) is 9.69 Å². The van der Waals surface area contributed by atoms with Crippen LogP contribution in [0.1, 0.15) is 20.3 Å². The summed E-state index contributed by atoms with van der Waals surface area (Å²) in [5, 5.41) is 4.22. The van der Waals surface area contributed by atoms with Crippen molar-refractivity contribution in [2.75, 3.05) is 10.8 Å². The molecule has 0 unspecified atom stereocenters. The highest BCUT2D eigenvalue weighted by molar-refractivity contribution is 7.93. The molecular formula is C18H18N2O3S. The summed E-state index contributed by atoms with van der Waals surface area (Å²) in [6.07, 6.45) is 6.01. The van der Waals surface area contributed by atoms with Crippen LogP contribution in [0.4, 0.5) is 5.69 Å². The smallest absolute Gasteiger partial charge is 0.265 e. The topological polar surface area (TPSA) is 66.5 Å². The van der Waals surface area contributed by atoms with E-state index in [4.69, 9.17) is 6.42 Å². The Hall–Kier alpha value is -2.52. The number of anilines is 1. The van der Waals surface area contributed by atoms with Gasteiger partial charge in [0.15, 0.2) is 0 Å². The Bertz CT molecular complexity index is 970. The predicted octanol–water partition coefficient (Wildman–Crippen LogP) is 2.27. The first-order valence-corrected chi connectivity index (χ1v) is 9.09. The number of sulfonamides is 1. The Kier molecular flexibility index (Phi) is 3.77. The summed E-state index contributed by atoms with van der Waals surface area (Å²) in [5.74, 6) is 2.12.